The highest BCUT2D eigenvalue weighted by Crippen LogP contribution is 2.21. The smallest absolute Gasteiger partial charge is 0.323 e. The number of anilines is 2. The van der Waals surface area contributed by atoms with Crippen LogP contribution in [0.4, 0.5) is 16.2 Å². The monoisotopic (exact) mass is 334 g/mol. The molecular formula is C19H18N4O2. The number of benzene rings is 2. The van der Waals surface area contributed by atoms with Gasteiger partial charge < -0.3 is 15.4 Å². The predicted octanol–water partition coefficient (Wildman–Crippen LogP) is 4.53. The number of aryl methyl sites for hydroxylation is 2. The molecule has 3 rings (SSSR count). The van der Waals surface area contributed by atoms with E-state index in [-0.39, 0.29) is 6.03 Å². The van der Waals surface area contributed by atoms with Gasteiger partial charge in [-0.3, -0.25) is 0 Å². The first kappa shape index (κ1) is 16.4. The number of hydrogen-bond acceptors (Lipinski definition) is 4. The maximum atomic E-state index is 12.1. The Kier molecular flexibility index (Phi) is 4.89. The van der Waals surface area contributed by atoms with Gasteiger partial charge in [-0.15, -0.1) is 5.10 Å². The van der Waals surface area contributed by atoms with Gasteiger partial charge in [-0.1, -0.05) is 18.2 Å². The Morgan fingerprint density at radius 2 is 1.64 bits per heavy atom. The van der Waals surface area contributed by atoms with Crippen LogP contribution in [0.5, 0.6) is 11.6 Å². The minimum absolute atomic E-state index is 0.299. The summed E-state index contributed by atoms with van der Waals surface area (Å²) in [5.74, 6) is 1.03. The second kappa shape index (κ2) is 7.44. The molecular weight excluding hydrogens is 316 g/mol. The molecule has 6 heteroatoms. The maximum Gasteiger partial charge on any atom is 0.323 e. The lowest BCUT2D eigenvalue weighted by Crippen LogP contribution is -2.19. The van der Waals surface area contributed by atoms with E-state index in [4.69, 9.17) is 4.74 Å². The molecule has 0 aliphatic rings. The quantitative estimate of drug-likeness (QED) is 0.735. The molecule has 0 atom stereocenters. The summed E-state index contributed by atoms with van der Waals surface area (Å²) in [6.45, 7) is 3.80. The average Bonchev–Trinajstić information content (AvgIpc) is 2.61. The lowest BCUT2D eigenvalue weighted by molar-refractivity contribution is 0.262. The number of para-hydroxylation sites is 1. The van der Waals surface area contributed by atoms with Gasteiger partial charge in [0.1, 0.15) is 5.75 Å². The number of carbonyl (C=O) groups excluding carboxylic acids is 1. The summed E-state index contributed by atoms with van der Waals surface area (Å²) in [5.41, 5.74) is 3.26. The number of carbonyl (C=O) groups is 1. The number of rotatable bonds is 4. The fourth-order valence-electron chi connectivity index (χ4n) is 2.17. The number of aromatic nitrogens is 2. The second-order valence-corrected chi connectivity index (χ2v) is 5.53. The molecule has 0 unspecified atom stereocenters. The zero-order valence-electron chi connectivity index (χ0n) is 14.0. The van der Waals surface area contributed by atoms with Crippen molar-refractivity contribution in [1.82, 2.24) is 10.2 Å². The predicted molar refractivity (Wildman–Crippen MR) is 97.1 cm³/mol. The Morgan fingerprint density at radius 3 is 2.32 bits per heavy atom. The lowest BCUT2D eigenvalue weighted by Gasteiger charge is -2.10. The Morgan fingerprint density at radius 1 is 0.880 bits per heavy atom. The van der Waals surface area contributed by atoms with Crippen molar-refractivity contribution in [2.45, 2.75) is 13.8 Å². The first-order valence-corrected chi connectivity index (χ1v) is 7.82. The van der Waals surface area contributed by atoms with Crippen molar-refractivity contribution in [3.05, 3.63) is 71.9 Å². The first-order chi connectivity index (χ1) is 12.1. The molecule has 0 saturated carbocycles. The van der Waals surface area contributed by atoms with E-state index in [9.17, 15) is 4.79 Å². The summed E-state index contributed by atoms with van der Waals surface area (Å²) < 4.78 is 5.60. The molecule has 0 spiro atoms. The van der Waals surface area contributed by atoms with Crippen LogP contribution < -0.4 is 15.4 Å². The van der Waals surface area contributed by atoms with Crippen LogP contribution >= 0.6 is 0 Å². The number of ether oxygens (including phenoxy) is 1. The van der Waals surface area contributed by atoms with Gasteiger partial charge >= 0.3 is 6.03 Å². The van der Waals surface area contributed by atoms with E-state index in [2.05, 4.69) is 20.8 Å². The average molecular weight is 334 g/mol. The van der Waals surface area contributed by atoms with Crippen LogP contribution in [-0.4, -0.2) is 16.2 Å². The Hall–Kier alpha value is -3.41. The second-order valence-electron chi connectivity index (χ2n) is 5.53. The molecule has 0 saturated heterocycles. The fourth-order valence-corrected chi connectivity index (χ4v) is 2.17. The maximum absolute atomic E-state index is 12.1. The molecule has 0 aliphatic heterocycles. The third kappa shape index (κ3) is 4.54. The third-order valence-corrected chi connectivity index (χ3v) is 3.50. The zero-order chi connectivity index (χ0) is 17.6. The summed E-state index contributed by atoms with van der Waals surface area (Å²) in [7, 11) is 0. The minimum Gasteiger partial charge on any atom is -0.438 e. The van der Waals surface area contributed by atoms with Gasteiger partial charge in [0.05, 0.1) is 5.69 Å². The summed E-state index contributed by atoms with van der Waals surface area (Å²) in [6, 6.07) is 17.9. The molecule has 2 aromatic carbocycles. The molecule has 3 aromatic rings. The van der Waals surface area contributed by atoms with Gasteiger partial charge in [0.25, 0.3) is 0 Å². The summed E-state index contributed by atoms with van der Waals surface area (Å²) in [5, 5.41) is 13.5. The van der Waals surface area contributed by atoms with Crippen LogP contribution in [0.1, 0.15) is 11.3 Å². The van der Waals surface area contributed by atoms with Gasteiger partial charge in [0, 0.05) is 17.4 Å². The number of amides is 2. The SMILES string of the molecule is Cc1ccc(Oc2ccc(NC(=O)Nc3ccccc3C)cc2)nn1. The van der Waals surface area contributed by atoms with Gasteiger partial charge in [-0.2, -0.15) is 5.10 Å². The van der Waals surface area contributed by atoms with E-state index in [0.717, 1.165) is 16.9 Å². The van der Waals surface area contributed by atoms with E-state index in [1.54, 1.807) is 30.3 Å². The van der Waals surface area contributed by atoms with Gasteiger partial charge in [-0.05, 0) is 55.8 Å². The molecule has 0 aliphatic carbocycles. The third-order valence-electron chi connectivity index (χ3n) is 3.50. The van der Waals surface area contributed by atoms with Crippen molar-refractivity contribution in [2.24, 2.45) is 0 Å². The van der Waals surface area contributed by atoms with Crippen LogP contribution in [0.25, 0.3) is 0 Å². The van der Waals surface area contributed by atoms with Crippen LogP contribution in [0.2, 0.25) is 0 Å². The lowest BCUT2D eigenvalue weighted by atomic mass is 10.2. The molecule has 6 nitrogen and oxygen atoms in total. The number of nitrogens with zero attached hydrogens (tertiary/aromatic N) is 2. The summed E-state index contributed by atoms with van der Waals surface area (Å²) in [6.07, 6.45) is 0. The van der Waals surface area contributed by atoms with Crippen molar-refractivity contribution in [1.29, 1.82) is 0 Å². The number of urea groups is 1. The van der Waals surface area contributed by atoms with Crippen molar-refractivity contribution in [2.75, 3.05) is 10.6 Å². The highest BCUT2D eigenvalue weighted by molar-refractivity contribution is 6.00. The van der Waals surface area contributed by atoms with E-state index in [1.165, 1.54) is 0 Å². The van der Waals surface area contributed by atoms with E-state index >= 15 is 0 Å². The van der Waals surface area contributed by atoms with Crippen molar-refractivity contribution in [3.8, 4) is 11.6 Å². The van der Waals surface area contributed by atoms with Crippen molar-refractivity contribution in [3.63, 3.8) is 0 Å². The van der Waals surface area contributed by atoms with Crippen LogP contribution in [0.15, 0.2) is 60.7 Å². The van der Waals surface area contributed by atoms with Crippen LogP contribution in [0, 0.1) is 13.8 Å². The Labute approximate surface area is 145 Å². The molecule has 25 heavy (non-hydrogen) atoms. The van der Waals surface area contributed by atoms with Gasteiger partial charge in [0.2, 0.25) is 5.88 Å². The summed E-state index contributed by atoms with van der Waals surface area (Å²) >= 11 is 0. The van der Waals surface area contributed by atoms with E-state index in [1.807, 2.05) is 44.2 Å². The molecule has 1 heterocycles. The van der Waals surface area contributed by atoms with Crippen molar-refractivity contribution >= 4 is 17.4 Å². The summed E-state index contributed by atoms with van der Waals surface area (Å²) in [4.78, 5) is 12.1. The number of hydrogen-bond donors (Lipinski definition) is 2. The molecule has 2 amide bonds. The normalized spacial score (nSPS) is 10.2. The molecule has 0 bridgehead atoms. The fraction of sp³-hybridized carbons (Fsp3) is 0.105. The molecule has 126 valence electrons. The van der Waals surface area contributed by atoms with Gasteiger partial charge in [-0.25, -0.2) is 4.79 Å². The minimum atomic E-state index is -0.299. The zero-order valence-corrected chi connectivity index (χ0v) is 14.0. The van der Waals surface area contributed by atoms with E-state index < -0.39 is 0 Å². The van der Waals surface area contributed by atoms with Crippen LogP contribution in [-0.2, 0) is 0 Å². The molecule has 1 aromatic heterocycles. The Balaban J connectivity index is 1.59. The molecule has 0 fully saturated rings. The Bertz CT molecular complexity index is 861. The topological polar surface area (TPSA) is 76.1 Å². The molecule has 0 radical (unpaired) electrons. The van der Waals surface area contributed by atoms with Crippen LogP contribution in [0.3, 0.4) is 0 Å². The first-order valence-electron chi connectivity index (χ1n) is 7.82. The van der Waals surface area contributed by atoms with Gasteiger partial charge in [0.15, 0.2) is 0 Å². The van der Waals surface area contributed by atoms with E-state index in [0.29, 0.717) is 17.3 Å². The molecule has 2 N–H and O–H groups in total. The number of nitrogens with one attached hydrogen (secondary N) is 2. The standard InChI is InChI=1S/C19H18N4O2/c1-13-5-3-4-6-17(13)21-19(24)20-15-8-10-16(11-9-15)25-18-12-7-14(2)22-23-18/h3-12H,1-2H3,(H2,20,21,24). The highest BCUT2D eigenvalue weighted by Gasteiger charge is 2.05. The van der Waals surface area contributed by atoms with Crippen molar-refractivity contribution < 1.29 is 9.53 Å². The highest BCUT2D eigenvalue weighted by atomic mass is 16.5. The largest absolute Gasteiger partial charge is 0.438 e.